The van der Waals surface area contributed by atoms with E-state index in [0.29, 0.717) is 0 Å². The topological polar surface area (TPSA) is 60.4 Å². The molecular weight excluding hydrogens is 112 g/mol. The first-order chi connectivity index (χ1) is 2.27. The van der Waals surface area contributed by atoms with Gasteiger partial charge in [0, 0.05) is 10.1 Å². The molecule has 5 heavy (non-hydrogen) atoms. The van der Waals surface area contributed by atoms with Crippen molar-refractivity contribution in [3.8, 4) is 0 Å². The molecule has 0 radical (unpaired) electrons. The van der Waals surface area contributed by atoms with Crippen molar-refractivity contribution < 1.29 is 13.3 Å². The van der Waals surface area contributed by atoms with E-state index in [1.54, 1.807) is 0 Å². The van der Waals surface area contributed by atoms with Crippen molar-refractivity contribution in [1.82, 2.24) is 0 Å². The Morgan fingerprint density at radius 2 is 2.20 bits per heavy atom. The Balaban J connectivity index is 2.85. The maximum absolute atomic E-state index is 9.08. The van der Waals surface area contributed by atoms with Crippen molar-refractivity contribution in [2.75, 3.05) is 0 Å². The molecule has 0 saturated carbocycles. The Morgan fingerprint density at radius 3 is 2.20 bits per heavy atom. The molecule has 0 spiro atoms. The predicted molar refractivity (Wildman–Crippen MR) is 19.1 cm³/mol. The molecule has 1 atom stereocenters. The minimum atomic E-state index is -2.35. The van der Waals surface area contributed by atoms with Crippen molar-refractivity contribution in [3.05, 3.63) is 0 Å². The van der Waals surface area contributed by atoms with Gasteiger partial charge >= 0.3 is 0 Å². The Morgan fingerprint density at radius 1 is 2.00 bits per heavy atom. The lowest BCUT2D eigenvalue weighted by molar-refractivity contribution is 0.548. The molecule has 0 aromatic carbocycles. The average Bonchev–Trinajstić information content (AvgIpc) is 1.38. The third kappa shape index (κ3) is 4.42. The fraction of sp³-hybridized carbons (Fsp3) is 0. The highest BCUT2D eigenvalue weighted by Crippen LogP contribution is 1.91. The third-order valence-electron chi connectivity index (χ3n) is 0.0609. The first kappa shape index (κ1) is 5.42. The third-order valence-corrected chi connectivity index (χ3v) is 0.548. The highest BCUT2D eigenvalue weighted by Gasteiger charge is 1.65. The van der Waals surface area contributed by atoms with Gasteiger partial charge in [0.1, 0.15) is 0 Å². The molecule has 3 nitrogen and oxygen atoms in total. The van der Waals surface area contributed by atoms with E-state index in [2.05, 4.69) is 0 Å². The fourth-order valence-electron chi connectivity index (χ4n) is 0. The maximum Gasteiger partial charge on any atom is 0.0778 e. The van der Waals surface area contributed by atoms with Gasteiger partial charge in [0.05, 0.1) is 11.1 Å². The Bertz CT molecular complexity index is 40.2. The van der Waals surface area contributed by atoms with E-state index in [1.165, 1.54) is 0 Å². The van der Waals surface area contributed by atoms with Crippen molar-refractivity contribution in [1.29, 1.82) is 0 Å². The maximum atomic E-state index is 9.08. The second-order valence-electron chi connectivity index (χ2n) is 0.279. The lowest BCUT2D eigenvalue weighted by Crippen LogP contribution is -1.70. The molecule has 0 aromatic heterocycles. The first-order valence-corrected chi connectivity index (χ1v) is 3.05. The minimum absolute atomic E-state index is 0.204. The van der Waals surface area contributed by atoms with Gasteiger partial charge in [-0.2, -0.15) is 0 Å². The number of hydrogen-bond donors (Lipinski definition) is 1. The summed E-state index contributed by atoms with van der Waals surface area (Å²) in [7, 11) is -2.35. The Kier molecular flexibility index (Phi) is 2.87. The summed E-state index contributed by atoms with van der Waals surface area (Å²) in [6, 6.07) is 0. The summed E-state index contributed by atoms with van der Waals surface area (Å²) in [5, 5.41) is 0. The molecule has 0 bridgehead atoms. The zero-order chi connectivity index (χ0) is 4.28. The van der Waals surface area contributed by atoms with Crippen LogP contribution in [-0.4, -0.2) is 13.3 Å². The van der Waals surface area contributed by atoms with Gasteiger partial charge in [-0.1, -0.05) is 0 Å². The van der Waals surface area contributed by atoms with E-state index in [9.17, 15) is 0 Å². The van der Waals surface area contributed by atoms with Crippen molar-refractivity contribution in [2.24, 2.45) is 0 Å². The molecule has 0 saturated heterocycles. The van der Waals surface area contributed by atoms with Gasteiger partial charge in [0.2, 0.25) is 0 Å². The zero-order valence-corrected chi connectivity index (χ0v) is 3.71. The van der Waals surface area contributed by atoms with E-state index in [4.69, 9.17) is 13.3 Å². The van der Waals surface area contributed by atoms with E-state index in [1.807, 2.05) is 0 Å². The van der Waals surface area contributed by atoms with Crippen LogP contribution < -0.4 is 0 Å². The van der Waals surface area contributed by atoms with Crippen LogP contribution in [0.2, 0.25) is 0 Å². The molecule has 0 amide bonds. The Hall–Kier alpha value is 0.420. The van der Waals surface area contributed by atoms with Gasteiger partial charge in [-0.05, 0) is 0 Å². The molecule has 0 fully saturated rings. The first-order valence-electron chi connectivity index (χ1n) is 0.683. The van der Waals surface area contributed by atoms with Crippen LogP contribution in [0.1, 0.15) is 0 Å². The van der Waals surface area contributed by atoms with Crippen LogP contribution >= 0.6 is 11.1 Å². The second-order valence-corrected chi connectivity index (χ2v) is 2.10. The predicted octanol–water partition coefficient (Wildman–Crippen LogP) is -0.0133. The monoisotopic (exact) mass is 113 g/mol. The summed E-state index contributed by atoms with van der Waals surface area (Å²) in [4.78, 5) is 0. The highest BCUT2D eigenvalue weighted by molar-refractivity contribution is 8.64. The van der Waals surface area contributed by atoms with E-state index < -0.39 is 10.1 Å². The molecule has 0 rings (SSSR count). The standard InChI is InChI=1S/H2O3S2/c1-4-5(2)3/h1H,(H,2,3)/p-1. The number of rotatable bonds is 1. The summed E-state index contributed by atoms with van der Waals surface area (Å²) in [6.45, 7) is 0. The van der Waals surface area contributed by atoms with Gasteiger partial charge in [-0.15, -0.1) is 0 Å². The normalized spacial score (nSPS) is 14.8. The van der Waals surface area contributed by atoms with Crippen LogP contribution in [0.15, 0.2) is 0 Å². The van der Waals surface area contributed by atoms with E-state index in [-0.39, 0.29) is 11.1 Å². The van der Waals surface area contributed by atoms with Crippen LogP contribution in [0.5, 0.6) is 0 Å². The highest BCUT2D eigenvalue weighted by atomic mass is 33.1. The minimum Gasteiger partial charge on any atom is -0.762 e. The average molecular weight is 113 g/mol. The van der Waals surface area contributed by atoms with Crippen LogP contribution in [0.25, 0.3) is 0 Å². The largest absolute Gasteiger partial charge is 0.762 e. The van der Waals surface area contributed by atoms with E-state index in [0.717, 1.165) is 0 Å². The molecule has 0 aromatic rings. The molecule has 5 heteroatoms. The molecular formula is HO3S2-. The lowest BCUT2D eigenvalue weighted by Gasteiger charge is -1.90. The van der Waals surface area contributed by atoms with Crippen molar-refractivity contribution in [2.45, 2.75) is 0 Å². The van der Waals surface area contributed by atoms with Crippen LogP contribution in [0.4, 0.5) is 0 Å². The van der Waals surface area contributed by atoms with Gasteiger partial charge in [-0.25, -0.2) is 0 Å². The van der Waals surface area contributed by atoms with Crippen molar-refractivity contribution >= 4 is 21.2 Å². The molecule has 0 heterocycles. The SMILES string of the molecule is O=S([O-])SO. The second kappa shape index (κ2) is 2.65. The fourth-order valence-corrected chi connectivity index (χ4v) is 0. The molecule has 1 N–H and O–H groups in total. The van der Waals surface area contributed by atoms with E-state index >= 15 is 0 Å². The Labute approximate surface area is 35.3 Å². The van der Waals surface area contributed by atoms with Crippen LogP contribution in [0.3, 0.4) is 0 Å². The van der Waals surface area contributed by atoms with Crippen molar-refractivity contribution in [3.63, 3.8) is 0 Å². The van der Waals surface area contributed by atoms with Gasteiger partial charge in [0.25, 0.3) is 0 Å². The van der Waals surface area contributed by atoms with Gasteiger partial charge < -0.3 is 9.11 Å². The molecule has 1 unspecified atom stereocenters. The lowest BCUT2D eigenvalue weighted by atomic mass is 15.9. The number of hydrogen-bond acceptors (Lipinski definition) is 4. The molecule has 32 valence electrons. The van der Waals surface area contributed by atoms with Crippen LogP contribution in [0, 0.1) is 0 Å². The summed E-state index contributed by atoms with van der Waals surface area (Å²) >= 11 is -0.204. The molecule has 0 aliphatic heterocycles. The summed E-state index contributed by atoms with van der Waals surface area (Å²) in [6.07, 6.45) is 0. The summed E-state index contributed by atoms with van der Waals surface area (Å²) in [5.41, 5.74) is 0. The molecule has 0 aliphatic carbocycles. The summed E-state index contributed by atoms with van der Waals surface area (Å²) < 4.78 is 25.6. The molecule has 0 aliphatic rings. The quantitative estimate of drug-likeness (QED) is 0.295. The van der Waals surface area contributed by atoms with Crippen LogP contribution in [-0.2, 0) is 10.1 Å². The zero-order valence-electron chi connectivity index (χ0n) is 2.08. The smallest absolute Gasteiger partial charge is 0.0778 e. The van der Waals surface area contributed by atoms with Gasteiger partial charge in [-0.3, -0.25) is 4.21 Å². The summed E-state index contributed by atoms with van der Waals surface area (Å²) in [5.74, 6) is 0. The van der Waals surface area contributed by atoms with Gasteiger partial charge in [0.15, 0.2) is 0 Å².